The molecule has 1 aliphatic heterocycles. The summed E-state index contributed by atoms with van der Waals surface area (Å²) in [5.41, 5.74) is 0.802. The molecule has 1 saturated heterocycles. The van der Waals surface area contributed by atoms with E-state index in [1.807, 2.05) is 12.1 Å². The second kappa shape index (κ2) is 4.38. The molecule has 0 bridgehead atoms. The van der Waals surface area contributed by atoms with Crippen LogP contribution in [0.2, 0.25) is 0 Å². The van der Waals surface area contributed by atoms with Crippen LogP contribution in [-0.4, -0.2) is 42.4 Å². The zero-order valence-electron chi connectivity index (χ0n) is 9.22. The first kappa shape index (κ1) is 10.6. The molecule has 17 heavy (non-hydrogen) atoms. The zero-order chi connectivity index (χ0) is 11.7. The summed E-state index contributed by atoms with van der Waals surface area (Å²) in [6.45, 7) is 3.92. The summed E-state index contributed by atoms with van der Waals surface area (Å²) in [7, 11) is 0. The van der Waals surface area contributed by atoms with Crippen molar-refractivity contribution in [1.82, 2.24) is 15.3 Å². The van der Waals surface area contributed by atoms with Crippen LogP contribution in [0.1, 0.15) is 9.80 Å². The number of carbonyl (C=O) groups is 1. The molecule has 0 aromatic carbocycles. The molecule has 1 fully saturated rings. The van der Waals surface area contributed by atoms with E-state index in [1.165, 1.54) is 11.3 Å². The molecular weight excluding hydrogens is 236 g/mol. The van der Waals surface area contributed by atoms with Crippen molar-refractivity contribution in [3.8, 4) is 0 Å². The largest absolute Gasteiger partial charge is 0.354 e. The van der Waals surface area contributed by atoms with Crippen LogP contribution in [0.4, 0.5) is 5.82 Å². The van der Waals surface area contributed by atoms with Gasteiger partial charge in [-0.25, -0.2) is 9.97 Å². The lowest BCUT2D eigenvalue weighted by molar-refractivity contribution is 0.112. The normalized spacial score (nSPS) is 16.4. The summed E-state index contributed by atoms with van der Waals surface area (Å²) in [5.74, 6) is 0.972. The predicted octanol–water partition coefficient (Wildman–Crippen LogP) is 0.913. The maximum atomic E-state index is 10.7. The van der Waals surface area contributed by atoms with Gasteiger partial charge in [-0.2, -0.15) is 0 Å². The second-order valence-corrected chi connectivity index (χ2v) is 4.91. The average molecular weight is 248 g/mol. The van der Waals surface area contributed by atoms with Crippen LogP contribution in [0.25, 0.3) is 10.3 Å². The van der Waals surface area contributed by atoms with Crippen molar-refractivity contribution in [2.75, 3.05) is 31.1 Å². The van der Waals surface area contributed by atoms with Gasteiger partial charge in [-0.1, -0.05) is 11.3 Å². The van der Waals surface area contributed by atoms with E-state index < -0.39 is 0 Å². The van der Waals surface area contributed by atoms with Crippen molar-refractivity contribution >= 4 is 33.8 Å². The number of aldehydes is 1. The third kappa shape index (κ3) is 2.01. The molecule has 88 valence electrons. The monoisotopic (exact) mass is 248 g/mol. The van der Waals surface area contributed by atoms with Gasteiger partial charge in [0.15, 0.2) is 11.3 Å². The minimum absolute atomic E-state index is 0.491. The van der Waals surface area contributed by atoms with Gasteiger partial charge in [0.2, 0.25) is 0 Å². The van der Waals surface area contributed by atoms with Crippen LogP contribution < -0.4 is 10.2 Å². The number of hydrogen-bond acceptors (Lipinski definition) is 6. The Morgan fingerprint density at radius 3 is 2.88 bits per heavy atom. The van der Waals surface area contributed by atoms with Crippen molar-refractivity contribution in [3.63, 3.8) is 0 Å². The van der Waals surface area contributed by atoms with Crippen LogP contribution in [0.3, 0.4) is 0 Å². The molecule has 6 heteroatoms. The van der Waals surface area contributed by atoms with Gasteiger partial charge in [0.25, 0.3) is 0 Å². The molecule has 1 N–H and O–H groups in total. The van der Waals surface area contributed by atoms with E-state index in [2.05, 4.69) is 20.2 Å². The van der Waals surface area contributed by atoms with Crippen LogP contribution in [0, 0.1) is 0 Å². The maximum absolute atomic E-state index is 10.7. The van der Waals surface area contributed by atoms with Crippen LogP contribution in [-0.2, 0) is 0 Å². The number of rotatable bonds is 2. The van der Waals surface area contributed by atoms with Gasteiger partial charge >= 0.3 is 0 Å². The Labute approximate surface area is 102 Å². The number of fused-ring (bicyclic) bond motifs is 1. The fourth-order valence-electron chi connectivity index (χ4n) is 1.94. The van der Waals surface area contributed by atoms with Gasteiger partial charge in [0.05, 0.1) is 0 Å². The van der Waals surface area contributed by atoms with Crippen LogP contribution >= 0.6 is 11.3 Å². The summed E-state index contributed by atoms with van der Waals surface area (Å²) in [4.78, 5) is 22.5. The highest BCUT2D eigenvalue weighted by molar-refractivity contribution is 7.19. The van der Waals surface area contributed by atoms with Gasteiger partial charge < -0.3 is 10.2 Å². The predicted molar refractivity (Wildman–Crippen MR) is 67.9 cm³/mol. The molecule has 0 radical (unpaired) electrons. The lowest BCUT2D eigenvalue weighted by Gasteiger charge is -2.28. The van der Waals surface area contributed by atoms with E-state index in [9.17, 15) is 4.79 Å². The third-order valence-corrected chi connectivity index (χ3v) is 3.69. The molecular formula is C11H12N4OS. The first-order valence-corrected chi connectivity index (χ1v) is 6.37. The van der Waals surface area contributed by atoms with Crippen molar-refractivity contribution in [2.24, 2.45) is 0 Å². The molecule has 5 nitrogen and oxygen atoms in total. The van der Waals surface area contributed by atoms with Crippen LogP contribution in [0.15, 0.2) is 12.1 Å². The third-order valence-electron chi connectivity index (χ3n) is 2.80. The number of thiazole rings is 1. The number of piperazine rings is 1. The van der Waals surface area contributed by atoms with Crippen molar-refractivity contribution in [1.29, 1.82) is 0 Å². The van der Waals surface area contributed by atoms with Crippen molar-refractivity contribution in [3.05, 3.63) is 17.1 Å². The highest BCUT2D eigenvalue weighted by Crippen LogP contribution is 2.22. The molecule has 1 aliphatic rings. The molecule has 3 heterocycles. The Kier molecular flexibility index (Phi) is 2.74. The zero-order valence-corrected chi connectivity index (χ0v) is 10.0. The Hall–Kier alpha value is -1.53. The lowest BCUT2D eigenvalue weighted by atomic mass is 10.3. The number of pyridine rings is 1. The molecule has 0 spiro atoms. The smallest absolute Gasteiger partial charge is 0.178 e. The molecule has 0 aliphatic carbocycles. The number of hydrogen-bond donors (Lipinski definition) is 1. The van der Waals surface area contributed by atoms with E-state index in [0.29, 0.717) is 5.01 Å². The minimum Gasteiger partial charge on any atom is -0.354 e. The SMILES string of the molecule is O=Cc1nc2ccc(N3CCNCC3)nc2s1. The van der Waals surface area contributed by atoms with Crippen molar-refractivity contribution in [2.45, 2.75) is 0 Å². The number of anilines is 1. The molecule has 2 aromatic heterocycles. The molecule has 3 rings (SSSR count). The Morgan fingerprint density at radius 2 is 2.12 bits per heavy atom. The van der Waals surface area contributed by atoms with Crippen LogP contribution in [0.5, 0.6) is 0 Å². The number of nitrogens with one attached hydrogen (secondary N) is 1. The summed E-state index contributed by atoms with van der Waals surface area (Å²) >= 11 is 1.34. The Balaban J connectivity index is 1.97. The number of nitrogens with zero attached hydrogens (tertiary/aromatic N) is 3. The van der Waals surface area contributed by atoms with Gasteiger partial charge in [0.1, 0.15) is 16.2 Å². The van der Waals surface area contributed by atoms with Gasteiger partial charge in [-0.3, -0.25) is 4.79 Å². The first-order chi connectivity index (χ1) is 8.36. The summed E-state index contributed by atoms with van der Waals surface area (Å²) in [5, 5.41) is 3.80. The van der Waals surface area contributed by atoms with E-state index >= 15 is 0 Å². The van der Waals surface area contributed by atoms with Gasteiger partial charge in [-0.15, -0.1) is 0 Å². The molecule has 0 saturated carbocycles. The molecule has 0 atom stereocenters. The standard InChI is InChI=1S/C11H12N4OS/c16-7-10-13-8-1-2-9(14-11(8)17-10)15-5-3-12-4-6-15/h1-2,7,12H,3-6H2. The quantitative estimate of drug-likeness (QED) is 0.801. The molecule has 0 unspecified atom stereocenters. The average Bonchev–Trinajstić information content (AvgIpc) is 2.81. The van der Waals surface area contributed by atoms with E-state index in [1.54, 1.807) is 0 Å². The highest BCUT2D eigenvalue weighted by atomic mass is 32.1. The van der Waals surface area contributed by atoms with Crippen molar-refractivity contribution < 1.29 is 4.79 Å². The highest BCUT2D eigenvalue weighted by Gasteiger charge is 2.13. The first-order valence-electron chi connectivity index (χ1n) is 5.55. The lowest BCUT2D eigenvalue weighted by Crippen LogP contribution is -2.43. The maximum Gasteiger partial charge on any atom is 0.178 e. The van der Waals surface area contributed by atoms with E-state index in [4.69, 9.17) is 0 Å². The van der Waals surface area contributed by atoms with E-state index in [0.717, 1.165) is 48.6 Å². The Bertz CT molecular complexity index is 547. The number of carbonyl (C=O) groups excluding carboxylic acids is 1. The Morgan fingerprint density at radius 1 is 1.29 bits per heavy atom. The fourth-order valence-corrected chi connectivity index (χ4v) is 2.69. The summed E-state index contributed by atoms with van der Waals surface area (Å²) in [6, 6.07) is 3.91. The molecule has 0 amide bonds. The summed E-state index contributed by atoms with van der Waals surface area (Å²) < 4.78 is 0. The number of aromatic nitrogens is 2. The fraction of sp³-hybridized carbons (Fsp3) is 0.364. The summed E-state index contributed by atoms with van der Waals surface area (Å²) in [6.07, 6.45) is 0.775. The minimum atomic E-state index is 0.491. The topological polar surface area (TPSA) is 58.1 Å². The van der Waals surface area contributed by atoms with Gasteiger partial charge in [-0.05, 0) is 12.1 Å². The second-order valence-electron chi connectivity index (χ2n) is 3.90. The van der Waals surface area contributed by atoms with E-state index in [-0.39, 0.29) is 0 Å². The van der Waals surface area contributed by atoms with Gasteiger partial charge in [0, 0.05) is 26.2 Å². The molecule has 2 aromatic rings.